The molecule has 2 aromatic carbocycles. The van der Waals surface area contributed by atoms with Gasteiger partial charge in [-0.15, -0.1) is 0 Å². The van der Waals surface area contributed by atoms with Crippen LogP contribution in [0.1, 0.15) is 40.2 Å². The molecule has 1 aliphatic carbocycles. The van der Waals surface area contributed by atoms with Gasteiger partial charge in [-0.25, -0.2) is 0 Å². The lowest BCUT2D eigenvalue weighted by atomic mass is 9.94. The molecular weight excluding hydrogens is 256 g/mol. The summed E-state index contributed by atoms with van der Waals surface area (Å²) in [7, 11) is 0. The predicted molar refractivity (Wildman–Crippen MR) is 86.7 cm³/mol. The van der Waals surface area contributed by atoms with Gasteiger partial charge in [-0.1, -0.05) is 48.0 Å². The molecule has 0 aromatic heterocycles. The quantitative estimate of drug-likeness (QED) is 0.803. The van der Waals surface area contributed by atoms with Crippen LogP contribution in [0.5, 0.6) is 0 Å². The summed E-state index contributed by atoms with van der Waals surface area (Å²) in [6, 6.07) is 14.8. The van der Waals surface area contributed by atoms with E-state index in [1.54, 1.807) is 0 Å². The SMILES string of the molecule is Cc1cc(C)c(CC(=O)C2CC2c2ccccc2)c(C)c1. The van der Waals surface area contributed by atoms with Gasteiger partial charge in [-0.2, -0.15) is 0 Å². The van der Waals surface area contributed by atoms with Crippen LogP contribution in [0, 0.1) is 26.7 Å². The molecule has 3 rings (SSSR count). The zero-order valence-electron chi connectivity index (χ0n) is 13.0. The van der Waals surface area contributed by atoms with Gasteiger partial charge < -0.3 is 0 Å². The minimum Gasteiger partial charge on any atom is -0.299 e. The van der Waals surface area contributed by atoms with E-state index in [0.717, 1.165) is 6.42 Å². The zero-order chi connectivity index (χ0) is 15.0. The Balaban J connectivity index is 1.72. The largest absolute Gasteiger partial charge is 0.299 e. The Labute approximate surface area is 127 Å². The van der Waals surface area contributed by atoms with E-state index < -0.39 is 0 Å². The molecule has 21 heavy (non-hydrogen) atoms. The Bertz CT molecular complexity index is 646. The monoisotopic (exact) mass is 278 g/mol. The highest BCUT2D eigenvalue weighted by Gasteiger charge is 2.43. The first-order chi connectivity index (χ1) is 10.1. The lowest BCUT2D eigenvalue weighted by Gasteiger charge is -2.10. The Morgan fingerprint density at radius 3 is 2.29 bits per heavy atom. The molecule has 1 nitrogen and oxygen atoms in total. The summed E-state index contributed by atoms with van der Waals surface area (Å²) in [5, 5.41) is 0. The molecule has 1 fully saturated rings. The minimum atomic E-state index is 0.229. The van der Waals surface area contributed by atoms with Gasteiger partial charge in [0.1, 0.15) is 5.78 Å². The van der Waals surface area contributed by atoms with Crippen molar-refractivity contribution in [3.05, 3.63) is 70.3 Å². The molecule has 108 valence electrons. The highest BCUT2D eigenvalue weighted by Crippen LogP contribution is 2.48. The molecule has 1 heteroatoms. The van der Waals surface area contributed by atoms with E-state index in [0.29, 0.717) is 18.1 Å². The first-order valence-electron chi connectivity index (χ1n) is 7.70. The third-order valence-corrected chi connectivity index (χ3v) is 4.62. The number of carbonyl (C=O) groups is 1. The molecule has 0 spiro atoms. The van der Waals surface area contributed by atoms with Gasteiger partial charge in [0, 0.05) is 12.3 Å². The van der Waals surface area contributed by atoms with Gasteiger partial charge in [0.15, 0.2) is 0 Å². The first kappa shape index (κ1) is 14.1. The van der Waals surface area contributed by atoms with Crippen LogP contribution in [0.25, 0.3) is 0 Å². The van der Waals surface area contributed by atoms with Crippen LogP contribution in [0.3, 0.4) is 0 Å². The van der Waals surface area contributed by atoms with Crippen LogP contribution in [0.15, 0.2) is 42.5 Å². The first-order valence-corrected chi connectivity index (χ1v) is 7.70. The van der Waals surface area contributed by atoms with E-state index in [-0.39, 0.29) is 5.92 Å². The highest BCUT2D eigenvalue weighted by molar-refractivity contribution is 5.87. The van der Waals surface area contributed by atoms with Gasteiger partial charge in [0.25, 0.3) is 0 Å². The number of carbonyl (C=O) groups excluding carboxylic acids is 1. The van der Waals surface area contributed by atoms with E-state index in [2.05, 4.69) is 57.2 Å². The molecule has 1 saturated carbocycles. The van der Waals surface area contributed by atoms with Gasteiger partial charge in [-0.05, 0) is 55.4 Å². The van der Waals surface area contributed by atoms with E-state index in [1.165, 1.54) is 27.8 Å². The summed E-state index contributed by atoms with van der Waals surface area (Å²) < 4.78 is 0. The normalized spacial score (nSPS) is 20.3. The second kappa shape index (κ2) is 5.48. The number of benzene rings is 2. The summed E-state index contributed by atoms with van der Waals surface area (Å²) in [4.78, 5) is 12.5. The third kappa shape index (κ3) is 2.92. The fourth-order valence-corrected chi connectivity index (χ4v) is 3.41. The molecule has 0 radical (unpaired) electrons. The van der Waals surface area contributed by atoms with Crippen LogP contribution in [0.4, 0.5) is 0 Å². The molecule has 2 aromatic rings. The number of aryl methyl sites for hydroxylation is 3. The highest BCUT2D eigenvalue weighted by atomic mass is 16.1. The van der Waals surface area contributed by atoms with Crippen LogP contribution in [-0.2, 0) is 11.2 Å². The Morgan fingerprint density at radius 1 is 1.05 bits per heavy atom. The van der Waals surface area contributed by atoms with Crippen molar-refractivity contribution in [3.8, 4) is 0 Å². The molecule has 2 unspecified atom stereocenters. The standard InChI is InChI=1S/C20H22O/c1-13-9-14(2)17(15(3)10-13)12-20(21)19-11-18(19)16-7-5-4-6-8-16/h4-10,18-19H,11-12H2,1-3H3. The van der Waals surface area contributed by atoms with Crippen molar-refractivity contribution >= 4 is 5.78 Å². The second-order valence-corrected chi connectivity index (χ2v) is 6.38. The van der Waals surface area contributed by atoms with Crippen molar-refractivity contribution in [3.63, 3.8) is 0 Å². The third-order valence-electron chi connectivity index (χ3n) is 4.62. The number of ketones is 1. The maximum absolute atomic E-state index is 12.5. The molecule has 0 saturated heterocycles. The van der Waals surface area contributed by atoms with E-state index in [9.17, 15) is 4.79 Å². The van der Waals surface area contributed by atoms with Crippen LogP contribution < -0.4 is 0 Å². The molecule has 0 heterocycles. The van der Waals surface area contributed by atoms with Crippen molar-refractivity contribution in [1.29, 1.82) is 0 Å². The number of hydrogen-bond acceptors (Lipinski definition) is 1. The summed E-state index contributed by atoms with van der Waals surface area (Å²) in [5.74, 6) is 1.08. The Morgan fingerprint density at radius 2 is 1.67 bits per heavy atom. The number of rotatable bonds is 4. The molecule has 1 aliphatic rings. The molecular formula is C20H22O. The number of hydrogen-bond donors (Lipinski definition) is 0. The van der Waals surface area contributed by atoms with E-state index in [4.69, 9.17) is 0 Å². The van der Waals surface area contributed by atoms with Gasteiger partial charge in [0.2, 0.25) is 0 Å². The van der Waals surface area contributed by atoms with Crippen LogP contribution in [0.2, 0.25) is 0 Å². The van der Waals surface area contributed by atoms with Gasteiger partial charge in [0.05, 0.1) is 0 Å². The molecule has 0 amide bonds. The zero-order valence-corrected chi connectivity index (χ0v) is 13.0. The molecule has 0 aliphatic heterocycles. The predicted octanol–water partition coefficient (Wildman–Crippen LogP) is 4.53. The van der Waals surface area contributed by atoms with Gasteiger partial charge in [-0.3, -0.25) is 4.79 Å². The molecule has 2 atom stereocenters. The molecule has 0 bridgehead atoms. The van der Waals surface area contributed by atoms with Crippen molar-refractivity contribution in [1.82, 2.24) is 0 Å². The fourth-order valence-electron chi connectivity index (χ4n) is 3.41. The average Bonchev–Trinajstić information content (AvgIpc) is 3.24. The van der Waals surface area contributed by atoms with Crippen molar-refractivity contribution < 1.29 is 4.79 Å². The average molecular weight is 278 g/mol. The second-order valence-electron chi connectivity index (χ2n) is 6.38. The van der Waals surface area contributed by atoms with Crippen molar-refractivity contribution in [2.75, 3.05) is 0 Å². The Kier molecular flexibility index (Phi) is 3.67. The maximum Gasteiger partial charge on any atom is 0.140 e. The lowest BCUT2D eigenvalue weighted by molar-refractivity contribution is -0.119. The lowest BCUT2D eigenvalue weighted by Crippen LogP contribution is -2.09. The summed E-state index contributed by atoms with van der Waals surface area (Å²) in [6.45, 7) is 6.34. The van der Waals surface area contributed by atoms with E-state index >= 15 is 0 Å². The minimum absolute atomic E-state index is 0.229. The van der Waals surface area contributed by atoms with E-state index in [1.807, 2.05) is 6.07 Å². The van der Waals surface area contributed by atoms with Crippen molar-refractivity contribution in [2.24, 2.45) is 5.92 Å². The van der Waals surface area contributed by atoms with Crippen LogP contribution in [-0.4, -0.2) is 5.78 Å². The summed E-state index contributed by atoms with van der Waals surface area (Å²) in [5.41, 5.74) is 6.31. The topological polar surface area (TPSA) is 17.1 Å². The summed E-state index contributed by atoms with van der Waals surface area (Å²) in [6.07, 6.45) is 1.61. The molecule has 0 N–H and O–H groups in total. The van der Waals surface area contributed by atoms with Gasteiger partial charge >= 0.3 is 0 Å². The smallest absolute Gasteiger partial charge is 0.140 e. The summed E-state index contributed by atoms with van der Waals surface area (Å²) >= 11 is 0. The van der Waals surface area contributed by atoms with Crippen LogP contribution >= 0.6 is 0 Å². The maximum atomic E-state index is 12.5. The fraction of sp³-hybridized carbons (Fsp3) is 0.350. The Hall–Kier alpha value is -1.89. The number of Topliss-reactive ketones (excluding diaryl/α,β-unsaturated/α-hetero) is 1. The van der Waals surface area contributed by atoms with Crippen molar-refractivity contribution in [2.45, 2.75) is 39.5 Å².